The molecule has 1 atom stereocenters. The zero-order valence-corrected chi connectivity index (χ0v) is 12.5. The van der Waals surface area contributed by atoms with Crippen molar-refractivity contribution < 1.29 is 0 Å². The van der Waals surface area contributed by atoms with Gasteiger partial charge in [-0.1, -0.05) is 12.1 Å². The van der Waals surface area contributed by atoms with E-state index in [1.165, 1.54) is 9.75 Å². The molecule has 0 fully saturated rings. The Hall–Kier alpha value is -1.56. The molecule has 0 aliphatic rings. The number of nitrogens with one attached hydrogen (secondary N) is 1. The van der Waals surface area contributed by atoms with Crippen molar-refractivity contribution in [1.82, 2.24) is 15.3 Å². The fraction of sp³-hybridized carbons (Fsp3) is 0.200. The van der Waals surface area contributed by atoms with Gasteiger partial charge in [-0.05, 0) is 29.0 Å². The van der Waals surface area contributed by atoms with Crippen LogP contribution in [0, 0.1) is 0 Å². The number of rotatable bonds is 6. The van der Waals surface area contributed by atoms with Crippen molar-refractivity contribution in [3.05, 3.63) is 69.1 Å². The van der Waals surface area contributed by atoms with Crippen LogP contribution in [0.25, 0.3) is 0 Å². The molecule has 3 nitrogen and oxygen atoms in total. The first-order valence-corrected chi connectivity index (χ1v) is 8.22. The van der Waals surface area contributed by atoms with Gasteiger partial charge in [-0.2, -0.15) is 0 Å². The summed E-state index contributed by atoms with van der Waals surface area (Å²) in [5.41, 5.74) is 1.02. The summed E-state index contributed by atoms with van der Waals surface area (Å²) in [7, 11) is 0. The van der Waals surface area contributed by atoms with E-state index in [1.807, 2.05) is 17.4 Å². The molecule has 3 rings (SSSR count). The van der Waals surface area contributed by atoms with E-state index < -0.39 is 0 Å². The van der Waals surface area contributed by atoms with Crippen LogP contribution in [0.3, 0.4) is 0 Å². The van der Waals surface area contributed by atoms with Crippen molar-refractivity contribution in [2.45, 2.75) is 19.0 Å². The standard InChI is InChI=1S/C15H15N3S2/c1-3-13(19-7-1)9-14(15-4-2-8-20-15)17-10-12-5-6-16-11-18-12/h1-8,11,14,17H,9-10H2. The summed E-state index contributed by atoms with van der Waals surface area (Å²) >= 11 is 3.61. The van der Waals surface area contributed by atoms with Crippen LogP contribution in [0.15, 0.2) is 53.6 Å². The smallest absolute Gasteiger partial charge is 0.115 e. The molecule has 102 valence electrons. The lowest BCUT2D eigenvalue weighted by atomic mass is 10.1. The van der Waals surface area contributed by atoms with E-state index in [2.05, 4.69) is 50.3 Å². The molecule has 0 radical (unpaired) electrons. The van der Waals surface area contributed by atoms with Crippen molar-refractivity contribution in [2.24, 2.45) is 0 Å². The van der Waals surface area contributed by atoms with Crippen LogP contribution in [0.4, 0.5) is 0 Å². The lowest BCUT2D eigenvalue weighted by molar-refractivity contribution is 0.535. The summed E-state index contributed by atoms with van der Waals surface area (Å²) in [5.74, 6) is 0. The van der Waals surface area contributed by atoms with E-state index in [9.17, 15) is 0 Å². The van der Waals surface area contributed by atoms with E-state index in [4.69, 9.17) is 0 Å². The van der Waals surface area contributed by atoms with Gasteiger partial charge in [0.25, 0.3) is 0 Å². The van der Waals surface area contributed by atoms with Gasteiger partial charge in [-0.3, -0.25) is 0 Å². The first kappa shape index (κ1) is 13.4. The molecule has 0 bridgehead atoms. The van der Waals surface area contributed by atoms with Crippen LogP contribution in [-0.2, 0) is 13.0 Å². The average molecular weight is 301 g/mol. The van der Waals surface area contributed by atoms with Crippen molar-refractivity contribution in [3.8, 4) is 0 Å². The predicted octanol–water partition coefficient (Wildman–Crippen LogP) is 3.67. The quantitative estimate of drug-likeness (QED) is 0.755. The number of hydrogen-bond acceptors (Lipinski definition) is 5. The van der Waals surface area contributed by atoms with Gasteiger partial charge in [0.05, 0.1) is 5.69 Å². The summed E-state index contributed by atoms with van der Waals surface area (Å²) in [6, 6.07) is 10.9. The fourth-order valence-corrected chi connectivity index (χ4v) is 3.60. The van der Waals surface area contributed by atoms with Crippen molar-refractivity contribution in [1.29, 1.82) is 0 Å². The van der Waals surface area contributed by atoms with Crippen LogP contribution in [-0.4, -0.2) is 9.97 Å². The number of aromatic nitrogens is 2. The lowest BCUT2D eigenvalue weighted by Gasteiger charge is -2.16. The molecule has 0 amide bonds. The second-order valence-corrected chi connectivity index (χ2v) is 6.44. The third-order valence-electron chi connectivity index (χ3n) is 3.04. The van der Waals surface area contributed by atoms with Crippen molar-refractivity contribution in [3.63, 3.8) is 0 Å². The van der Waals surface area contributed by atoms with E-state index in [1.54, 1.807) is 23.9 Å². The van der Waals surface area contributed by atoms with Gasteiger partial charge >= 0.3 is 0 Å². The minimum Gasteiger partial charge on any atom is -0.303 e. The number of thiophene rings is 2. The fourth-order valence-electron chi connectivity index (χ4n) is 2.04. The van der Waals surface area contributed by atoms with Gasteiger partial charge in [-0.15, -0.1) is 22.7 Å². The molecule has 0 aliphatic carbocycles. The van der Waals surface area contributed by atoms with Gasteiger partial charge in [0.2, 0.25) is 0 Å². The highest BCUT2D eigenvalue weighted by molar-refractivity contribution is 7.10. The van der Waals surface area contributed by atoms with Crippen LogP contribution < -0.4 is 5.32 Å². The molecular weight excluding hydrogens is 286 g/mol. The Morgan fingerprint density at radius 1 is 1.10 bits per heavy atom. The highest BCUT2D eigenvalue weighted by Crippen LogP contribution is 2.25. The summed E-state index contributed by atoms with van der Waals surface area (Å²) < 4.78 is 0. The first-order chi connectivity index (χ1) is 9.92. The Morgan fingerprint density at radius 3 is 2.70 bits per heavy atom. The lowest BCUT2D eigenvalue weighted by Crippen LogP contribution is -2.22. The molecular formula is C15H15N3S2. The van der Waals surface area contributed by atoms with E-state index in [-0.39, 0.29) is 0 Å². The molecule has 3 heterocycles. The Balaban J connectivity index is 1.69. The summed E-state index contributed by atoms with van der Waals surface area (Å²) in [5, 5.41) is 7.86. The van der Waals surface area contributed by atoms with Gasteiger partial charge < -0.3 is 5.32 Å². The second-order valence-electron chi connectivity index (χ2n) is 4.43. The SMILES string of the molecule is c1csc(CC(NCc2ccncn2)c2cccs2)c1. The monoisotopic (exact) mass is 301 g/mol. The molecule has 20 heavy (non-hydrogen) atoms. The van der Waals surface area contributed by atoms with E-state index in [0.29, 0.717) is 6.04 Å². The zero-order chi connectivity index (χ0) is 13.6. The zero-order valence-electron chi connectivity index (χ0n) is 10.9. The third-order valence-corrected chi connectivity index (χ3v) is 4.93. The minimum atomic E-state index is 0.337. The Bertz CT molecular complexity index is 606. The number of nitrogens with zero attached hydrogens (tertiary/aromatic N) is 2. The Labute approximate surface area is 126 Å². The van der Waals surface area contributed by atoms with Gasteiger partial charge in [0, 0.05) is 35.0 Å². The molecule has 3 aromatic rings. The molecule has 1 unspecified atom stereocenters. The maximum Gasteiger partial charge on any atom is 0.115 e. The Morgan fingerprint density at radius 2 is 2.00 bits per heavy atom. The van der Waals surface area contributed by atoms with Gasteiger partial charge in [0.15, 0.2) is 0 Å². The van der Waals surface area contributed by atoms with Crippen LogP contribution in [0.5, 0.6) is 0 Å². The largest absolute Gasteiger partial charge is 0.303 e. The van der Waals surface area contributed by atoms with Crippen LogP contribution >= 0.6 is 22.7 Å². The Kier molecular flexibility index (Phi) is 4.53. The highest BCUT2D eigenvalue weighted by atomic mass is 32.1. The normalized spacial score (nSPS) is 12.4. The highest BCUT2D eigenvalue weighted by Gasteiger charge is 2.13. The van der Waals surface area contributed by atoms with Crippen LogP contribution in [0.1, 0.15) is 21.5 Å². The second kappa shape index (κ2) is 6.74. The van der Waals surface area contributed by atoms with Gasteiger partial charge in [-0.25, -0.2) is 9.97 Å². The van der Waals surface area contributed by atoms with Crippen molar-refractivity contribution >= 4 is 22.7 Å². The van der Waals surface area contributed by atoms with Gasteiger partial charge in [0.1, 0.15) is 6.33 Å². The van der Waals surface area contributed by atoms with Crippen LogP contribution in [0.2, 0.25) is 0 Å². The molecule has 1 N–H and O–H groups in total. The maximum atomic E-state index is 4.26. The first-order valence-electron chi connectivity index (χ1n) is 6.46. The van der Waals surface area contributed by atoms with E-state index >= 15 is 0 Å². The molecule has 0 aromatic carbocycles. The molecule has 3 aromatic heterocycles. The predicted molar refractivity (Wildman–Crippen MR) is 84.0 cm³/mol. The molecule has 0 spiro atoms. The molecule has 0 saturated heterocycles. The number of hydrogen-bond donors (Lipinski definition) is 1. The van der Waals surface area contributed by atoms with E-state index in [0.717, 1.165) is 18.7 Å². The van der Waals surface area contributed by atoms with Crippen molar-refractivity contribution in [2.75, 3.05) is 0 Å². The summed E-state index contributed by atoms with van der Waals surface area (Å²) in [6.07, 6.45) is 4.39. The molecule has 5 heteroatoms. The topological polar surface area (TPSA) is 37.8 Å². The minimum absolute atomic E-state index is 0.337. The summed E-state index contributed by atoms with van der Waals surface area (Å²) in [4.78, 5) is 11.0. The summed E-state index contributed by atoms with van der Waals surface area (Å²) in [6.45, 7) is 0.760. The average Bonchev–Trinajstić information content (AvgIpc) is 3.17. The third kappa shape index (κ3) is 3.50. The maximum absolute atomic E-state index is 4.26. The molecule has 0 saturated carbocycles. The molecule has 0 aliphatic heterocycles.